The molecule has 0 aliphatic carbocycles. The Bertz CT molecular complexity index is 1030. The monoisotopic (exact) mass is 439 g/mol. The summed E-state index contributed by atoms with van der Waals surface area (Å²) in [6, 6.07) is 10.5. The van der Waals surface area contributed by atoms with Gasteiger partial charge in [-0.15, -0.1) is 0 Å². The molecule has 0 unspecified atom stereocenters. The number of ether oxygens (including phenoxy) is 4. The number of methoxy groups -OCH3 is 2. The van der Waals surface area contributed by atoms with Crippen molar-refractivity contribution in [3.05, 3.63) is 42.7 Å². The van der Waals surface area contributed by atoms with Crippen LogP contribution in [0.3, 0.4) is 0 Å². The summed E-state index contributed by atoms with van der Waals surface area (Å²) in [5.74, 6) is 2.08. The average molecular weight is 440 g/mol. The first-order chi connectivity index (χ1) is 15.6. The summed E-state index contributed by atoms with van der Waals surface area (Å²) >= 11 is 0. The van der Waals surface area contributed by atoms with Crippen LogP contribution in [0.15, 0.2) is 42.7 Å². The Morgan fingerprint density at radius 3 is 2.25 bits per heavy atom. The van der Waals surface area contributed by atoms with Crippen LogP contribution in [0.5, 0.6) is 23.1 Å². The molecular formula is C24H29N3O5. The molecule has 0 saturated heterocycles. The van der Waals surface area contributed by atoms with Crippen LogP contribution in [-0.2, 0) is 4.74 Å². The molecule has 1 amide bonds. The van der Waals surface area contributed by atoms with Crippen LogP contribution in [0.25, 0.3) is 10.9 Å². The largest absolute Gasteiger partial charge is 0.493 e. The summed E-state index contributed by atoms with van der Waals surface area (Å²) in [5, 5.41) is 3.45. The number of carbonyl (C=O) groups excluding carboxylic acids is 1. The number of hydrogen-bond donors (Lipinski definition) is 1. The molecule has 0 aliphatic rings. The van der Waals surface area contributed by atoms with Gasteiger partial charge in [0.15, 0.2) is 11.5 Å². The highest BCUT2D eigenvalue weighted by Gasteiger charge is 2.14. The highest BCUT2D eigenvalue weighted by molar-refractivity contribution is 5.87. The van der Waals surface area contributed by atoms with Gasteiger partial charge >= 0.3 is 6.09 Å². The maximum absolute atomic E-state index is 12.2. The summed E-state index contributed by atoms with van der Waals surface area (Å²) in [5.41, 5.74) is 1.29. The Morgan fingerprint density at radius 1 is 0.969 bits per heavy atom. The van der Waals surface area contributed by atoms with Crippen molar-refractivity contribution in [1.29, 1.82) is 0 Å². The van der Waals surface area contributed by atoms with Gasteiger partial charge in [0.25, 0.3) is 0 Å². The molecule has 8 nitrogen and oxygen atoms in total. The molecule has 0 fully saturated rings. The first-order valence-electron chi connectivity index (χ1n) is 10.7. The van der Waals surface area contributed by atoms with E-state index in [1.165, 1.54) is 6.33 Å². The third-order valence-corrected chi connectivity index (χ3v) is 4.91. The van der Waals surface area contributed by atoms with Crippen molar-refractivity contribution < 1.29 is 23.7 Å². The smallest absolute Gasteiger partial charge is 0.411 e. The van der Waals surface area contributed by atoms with Gasteiger partial charge in [0.05, 0.1) is 25.1 Å². The first-order valence-corrected chi connectivity index (χ1v) is 10.7. The fourth-order valence-electron chi connectivity index (χ4n) is 3.36. The van der Waals surface area contributed by atoms with Crippen molar-refractivity contribution in [3.8, 4) is 23.1 Å². The van der Waals surface area contributed by atoms with Crippen LogP contribution in [0, 0.1) is 0 Å². The minimum absolute atomic E-state index is 0.0609. The highest BCUT2D eigenvalue weighted by Crippen LogP contribution is 2.35. The fraction of sp³-hybridized carbons (Fsp3) is 0.375. The average Bonchev–Trinajstić information content (AvgIpc) is 2.80. The number of benzene rings is 2. The molecule has 1 aromatic heterocycles. The van der Waals surface area contributed by atoms with Crippen LogP contribution in [-0.4, -0.2) is 36.4 Å². The molecular weight excluding hydrogens is 410 g/mol. The van der Waals surface area contributed by atoms with Crippen molar-refractivity contribution in [2.75, 3.05) is 19.5 Å². The molecule has 0 bridgehead atoms. The molecule has 0 aliphatic heterocycles. The lowest BCUT2D eigenvalue weighted by Gasteiger charge is -2.17. The van der Waals surface area contributed by atoms with E-state index in [9.17, 15) is 4.79 Å². The Morgan fingerprint density at radius 2 is 1.62 bits per heavy atom. The number of aromatic nitrogens is 2. The molecule has 3 aromatic rings. The zero-order chi connectivity index (χ0) is 22.9. The SMILES string of the molecule is CCCC(CCC)OC(=O)Nc1ccc(Oc2ncnc3cc(OC)c(OC)cc23)cc1. The van der Waals surface area contributed by atoms with Crippen molar-refractivity contribution in [3.63, 3.8) is 0 Å². The topological polar surface area (TPSA) is 91.8 Å². The first kappa shape index (κ1) is 23.1. The van der Waals surface area contributed by atoms with Crippen molar-refractivity contribution in [1.82, 2.24) is 9.97 Å². The van der Waals surface area contributed by atoms with Crippen LogP contribution < -0.4 is 19.5 Å². The lowest BCUT2D eigenvalue weighted by molar-refractivity contribution is 0.0988. The normalized spacial score (nSPS) is 10.8. The summed E-state index contributed by atoms with van der Waals surface area (Å²) in [7, 11) is 3.14. The molecule has 32 heavy (non-hydrogen) atoms. The Hall–Kier alpha value is -3.55. The lowest BCUT2D eigenvalue weighted by Crippen LogP contribution is -2.22. The number of rotatable bonds is 10. The van der Waals surface area contributed by atoms with Crippen LogP contribution in [0.2, 0.25) is 0 Å². The van der Waals surface area contributed by atoms with E-state index >= 15 is 0 Å². The Balaban J connectivity index is 1.70. The lowest BCUT2D eigenvalue weighted by atomic mass is 10.1. The second-order valence-corrected chi connectivity index (χ2v) is 7.26. The number of carbonyl (C=O) groups is 1. The van der Waals surface area contributed by atoms with Gasteiger partial charge in [-0.1, -0.05) is 26.7 Å². The van der Waals surface area contributed by atoms with Gasteiger partial charge in [-0.05, 0) is 43.2 Å². The molecule has 2 aromatic carbocycles. The third-order valence-electron chi connectivity index (χ3n) is 4.91. The maximum atomic E-state index is 12.2. The molecule has 170 valence electrons. The van der Waals surface area contributed by atoms with Crippen LogP contribution >= 0.6 is 0 Å². The standard InChI is InChI=1S/C24H29N3O5/c1-5-7-17(8-6-2)32-24(28)27-16-9-11-18(12-10-16)31-23-19-13-21(29-3)22(30-4)14-20(19)25-15-26-23/h9-15,17H,5-8H2,1-4H3,(H,27,28). The molecule has 0 saturated carbocycles. The van der Waals surface area contributed by atoms with E-state index in [0.717, 1.165) is 25.7 Å². The maximum Gasteiger partial charge on any atom is 0.411 e. The number of amides is 1. The summed E-state index contributed by atoms with van der Waals surface area (Å²) < 4.78 is 22.2. The second kappa shape index (κ2) is 11.2. The molecule has 1 N–H and O–H groups in total. The number of anilines is 1. The fourth-order valence-corrected chi connectivity index (χ4v) is 3.36. The zero-order valence-corrected chi connectivity index (χ0v) is 18.9. The molecule has 3 rings (SSSR count). The molecule has 8 heteroatoms. The Kier molecular flexibility index (Phi) is 8.08. The van der Waals surface area contributed by atoms with Crippen molar-refractivity contribution >= 4 is 22.7 Å². The molecule has 0 radical (unpaired) electrons. The van der Waals surface area contributed by atoms with Gasteiger partial charge < -0.3 is 18.9 Å². The van der Waals surface area contributed by atoms with E-state index in [1.54, 1.807) is 50.6 Å². The van der Waals surface area contributed by atoms with Gasteiger partial charge in [0, 0.05) is 11.8 Å². The van der Waals surface area contributed by atoms with Crippen molar-refractivity contribution in [2.24, 2.45) is 0 Å². The van der Waals surface area contributed by atoms with Gasteiger partial charge in [-0.3, -0.25) is 5.32 Å². The van der Waals surface area contributed by atoms with Gasteiger partial charge in [-0.2, -0.15) is 0 Å². The predicted octanol–water partition coefficient (Wildman–Crippen LogP) is 5.96. The van der Waals surface area contributed by atoms with E-state index in [4.69, 9.17) is 18.9 Å². The zero-order valence-electron chi connectivity index (χ0n) is 18.9. The second-order valence-electron chi connectivity index (χ2n) is 7.26. The van der Waals surface area contributed by atoms with Gasteiger partial charge in [-0.25, -0.2) is 14.8 Å². The molecule has 0 spiro atoms. The van der Waals surface area contributed by atoms with E-state index in [2.05, 4.69) is 29.1 Å². The van der Waals surface area contributed by atoms with E-state index in [0.29, 0.717) is 39.7 Å². The van der Waals surface area contributed by atoms with E-state index in [1.807, 2.05) is 0 Å². The predicted molar refractivity (Wildman–Crippen MR) is 123 cm³/mol. The summed E-state index contributed by atoms with van der Waals surface area (Å²) in [6.45, 7) is 4.16. The summed E-state index contributed by atoms with van der Waals surface area (Å²) in [4.78, 5) is 20.7. The Labute approximate surface area is 187 Å². The summed E-state index contributed by atoms with van der Waals surface area (Å²) in [6.07, 6.45) is 4.58. The minimum atomic E-state index is -0.451. The number of fused-ring (bicyclic) bond motifs is 1. The van der Waals surface area contributed by atoms with Gasteiger partial charge in [0.1, 0.15) is 18.2 Å². The molecule has 1 heterocycles. The van der Waals surface area contributed by atoms with E-state index < -0.39 is 6.09 Å². The highest BCUT2D eigenvalue weighted by atomic mass is 16.6. The molecule has 0 atom stereocenters. The van der Waals surface area contributed by atoms with E-state index in [-0.39, 0.29) is 6.10 Å². The number of hydrogen-bond acceptors (Lipinski definition) is 7. The van der Waals surface area contributed by atoms with Crippen LogP contribution in [0.1, 0.15) is 39.5 Å². The minimum Gasteiger partial charge on any atom is -0.493 e. The quantitative estimate of drug-likeness (QED) is 0.417. The van der Waals surface area contributed by atoms with Gasteiger partial charge in [0.2, 0.25) is 5.88 Å². The van der Waals surface area contributed by atoms with Crippen LogP contribution in [0.4, 0.5) is 10.5 Å². The third kappa shape index (κ3) is 5.78. The number of nitrogens with zero attached hydrogens (tertiary/aromatic N) is 2. The number of nitrogens with one attached hydrogen (secondary N) is 1. The van der Waals surface area contributed by atoms with Crippen molar-refractivity contribution in [2.45, 2.75) is 45.6 Å².